The predicted molar refractivity (Wildman–Crippen MR) is 48.6 cm³/mol. The topological polar surface area (TPSA) is 40.5 Å². The number of rotatable bonds is 7. The Balaban J connectivity index is 6.17. The van der Waals surface area contributed by atoms with Gasteiger partial charge < -0.3 is 10.2 Å². The van der Waals surface area contributed by atoms with E-state index >= 15 is 0 Å². The minimum atomic E-state index is -8.17. The molecule has 0 rings (SSSR count). The van der Waals surface area contributed by atoms with Crippen LogP contribution in [0.15, 0.2) is 0 Å². The van der Waals surface area contributed by atoms with Gasteiger partial charge >= 0.3 is 41.9 Å². The monoisotopic (exact) mass is 430 g/mol. The number of alkyl halides is 15. The number of hydrogen-bond acceptors (Lipinski definition) is 2. The molecule has 1 unspecified atom stereocenters. The lowest BCUT2D eigenvalue weighted by atomic mass is 9.91. The first-order valence-electron chi connectivity index (χ1n) is 5.62. The van der Waals surface area contributed by atoms with Gasteiger partial charge in [-0.3, -0.25) is 0 Å². The van der Waals surface area contributed by atoms with Crippen LogP contribution in [-0.2, 0) is 0 Å². The maximum absolute atomic E-state index is 13.0. The highest BCUT2D eigenvalue weighted by Gasteiger charge is 2.90. The summed E-state index contributed by atoms with van der Waals surface area (Å²) < 4.78 is 188. The summed E-state index contributed by atoms with van der Waals surface area (Å²) in [6.45, 7) is 0. The van der Waals surface area contributed by atoms with Crippen molar-refractivity contribution in [2.45, 2.75) is 54.4 Å². The molecule has 2 nitrogen and oxygen atoms in total. The summed E-state index contributed by atoms with van der Waals surface area (Å²) in [7, 11) is 0. The van der Waals surface area contributed by atoms with Crippen molar-refractivity contribution in [2.75, 3.05) is 0 Å². The molecule has 1 atom stereocenters. The van der Waals surface area contributed by atoms with E-state index in [4.69, 9.17) is 10.2 Å². The zero-order valence-electron chi connectivity index (χ0n) is 11.3. The molecule has 0 saturated heterocycles. The third-order valence-corrected chi connectivity index (χ3v) is 2.85. The molecule has 0 aliphatic rings. The molecule has 2 N–H and O–H groups in total. The Morgan fingerprint density at radius 1 is 0.538 bits per heavy atom. The largest absolute Gasteiger partial charge is 0.460 e. The van der Waals surface area contributed by atoms with E-state index in [0.717, 1.165) is 0 Å². The zero-order chi connectivity index (χ0) is 21.8. The summed E-state index contributed by atoms with van der Waals surface area (Å²) in [4.78, 5) is 0. The van der Waals surface area contributed by atoms with Crippen molar-refractivity contribution >= 4 is 0 Å². The number of hydrogen-bond donors (Lipinski definition) is 2. The fourth-order valence-electron chi connectivity index (χ4n) is 1.30. The fourth-order valence-corrected chi connectivity index (χ4v) is 1.30. The van der Waals surface area contributed by atoms with E-state index in [9.17, 15) is 65.9 Å². The summed E-state index contributed by atoms with van der Waals surface area (Å²) in [5, 5.41) is 16.0. The van der Waals surface area contributed by atoms with Crippen molar-refractivity contribution in [3.05, 3.63) is 0 Å². The van der Waals surface area contributed by atoms with E-state index in [2.05, 4.69) is 0 Å². The van der Waals surface area contributed by atoms with Gasteiger partial charge in [0.2, 0.25) is 0 Å². The maximum Gasteiger partial charge on any atom is 0.460 e. The minimum absolute atomic E-state index is 3.60. The Hall–Kier alpha value is -1.13. The summed E-state index contributed by atoms with van der Waals surface area (Å²) in [6, 6.07) is 0. The lowest BCUT2D eigenvalue weighted by molar-refractivity contribution is -0.442. The zero-order valence-corrected chi connectivity index (χ0v) is 11.3. The molecule has 0 bridgehead atoms. The first-order valence-corrected chi connectivity index (χ1v) is 5.62. The normalized spacial score (nSPS) is 17.4. The van der Waals surface area contributed by atoms with E-state index in [-0.39, 0.29) is 0 Å². The lowest BCUT2D eigenvalue weighted by Crippen LogP contribution is -2.70. The molecule has 0 aromatic heterocycles. The Morgan fingerprint density at radius 2 is 0.846 bits per heavy atom. The second kappa shape index (κ2) is 6.20. The number of halogens is 15. The molecule has 0 aromatic carbocycles. The predicted octanol–water partition coefficient (Wildman–Crippen LogP) is 4.06. The van der Waals surface area contributed by atoms with Crippen molar-refractivity contribution in [1.29, 1.82) is 0 Å². The van der Waals surface area contributed by atoms with Crippen molar-refractivity contribution in [1.82, 2.24) is 0 Å². The molecular formula is C9H5F15O2. The smallest absolute Gasteiger partial charge is 0.384 e. The van der Waals surface area contributed by atoms with E-state index in [1.54, 1.807) is 0 Å². The van der Waals surface area contributed by atoms with Gasteiger partial charge in [-0.1, -0.05) is 0 Å². The van der Waals surface area contributed by atoms with Crippen LogP contribution >= 0.6 is 0 Å². The molecule has 0 spiro atoms. The minimum Gasteiger partial charge on any atom is -0.384 e. The summed E-state index contributed by atoms with van der Waals surface area (Å²) >= 11 is 0. The molecule has 0 radical (unpaired) electrons. The van der Waals surface area contributed by atoms with Gasteiger partial charge in [-0.25, -0.2) is 0 Å². The van der Waals surface area contributed by atoms with Gasteiger partial charge in [0.25, 0.3) is 0 Å². The molecule has 0 saturated carbocycles. The second-order valence-electron chi connectivity index (χ2n) is 4.81. The SMILES string of the molecule is OC(CC(F)(F)C(F)(F)C(F)(F)C(F)(F)C(F)(F)C(F)(F)F)C(O)(F)F. The van der Waals surface area contributed by atoms with E-state index in [1.165, 1.54) is 0 Å². The molecule has 158 valence electrons. The quantitative estimate of drug-likeness (QED) is 0.599. The average Bonchev–Trinajstić information content (AvgIpc) is 2.34. The van der Waals surface area contributed by atoms with E-state index in [1.807, 2.05) is 0 Å². The van der Waals surface area contributed by atoms with Crippen LogP contribution in [-0.4, -0.2) is 58.2 Å². The summed E-state index contributed by atoms with van der Waals surface area (Å²) in [6.07, 6.45) is -21.2. The molecule has 0 fully saturated rings. The van der Waals surface area contributed by atoms with Gasteiger partial charge in [-0.05, 0) is 0 Å². The van der Waals surface area contributed by atoms with E-state index in [0.29, 0.717) is 0 Å². The molecule has 26 heavy (non-hydrogen) atoms. The first kappa shape index (κ1) is 24.9. The summed E-state index contributed by atoms with van der Waals surface area (Å²) in [5.74, 6) is -39.0. The molecular weight excluding hydrogens is 425 g/mol. The molecule has 0 heterocycles. The molecule has 0 aromatic rings. The van der Waals surface area contributed by atoms with Gasteiger partial charge in [0.15, 0.2) is 6.10 Å². The van der Waals surface area contributed by atoms with Crippen LogP contribution in [0, 0.1) is 0 Å². The Morgan fingerprint density at radius 3 is 1.12 bits per heavy atom. The van der Waals surface area contributed by atoms with Gasteiger partial charge in [-0.2, -0.15) is 65.9 Å². The highest BCUT2D eigenvalue weighted by atomic mass is 19.4. The highest BCUT2D eigenvalue weighted by molar-refractivity contribution is 5.10. The van der Waals surface area contributed by atoms with Crippen LogP contribution in [0.2, 0.25) is 0 Å². The fraction of sp³-hybridized carbons (Fsp3) is 1.00. The van der Waals surface area contributed by atoms with Crippen molar-refractivity contribution in [3.63, 3.8) is 0 Å². The van der Waals surface area contributed by atoms with Crippen LogP contribution < -0.4 is 0 Å². The number of aliphatic hydroxyl groups is 2. The Bertz CT molecular complexity index is 502. The van der Waals surface area contributed by atoms with Crippen LogP contribution in [0.4, 0.5) is 65.9 Å². The van der Waals surface area contributed by atoms with Crippen molar-refractivity contribution in [3.8, 4) is 0 Å². The first-order chi connectivity index (χ1) is 10.9. The third kappa shape index (κ3) is 3.63. The molecule has 0 amide bonds. The maximum atomic E-state index is 13.0. The van der Waals surface area contributed by atoms with E-state index < -0.39 is 54.4 Å². The second-order valence-corrected chi connectivity index (χ2v) is 4.81. The van der Waals surface area contributed by atoms with Crippen molar-refractivity contribution < 1.29 is 76.1 Å². The van der Waals surface area contributed by atoms with Gasteiger partial charge in [-0.15, -0.1) is 0 Å². The standard InChI is InChI=1S/C9H5F15O2/c10-3(11,1-2(25)4(12,13)26)5(14,15)6(16,17)7(18,19)8(20,21)9(22,23)24/h2,25-26H,1H2. The highest BCUT2D eigenvalue weighted by Crippen LogP contribution is 2.60. The molecule has 0 aliphatic carbocycles. The average molecular weight is 430 g/mol. The van der Waals surface area contributed by atoms with Crippen LogP contribution in [0.1, 0.15) is 6.42 Å². The number of aliphatic hydroxyl groups excluding tert-OH is 1. The van der Waals surface area contributed by atoms with Gasteiger partial charge in [0.1, 0.15) is 0 Å². The molecule has 17 heteroatoms. The van der Waals surface area contributed by atoms with Gasteiger partial charge in [0.05, 0.1) is 6.42 Å². The lowest BCUT2D eigenvalue weighted by Gasteiger charge is -2.40. The Kier molecular flexibility index (Phi) is 5.93. The molecule has 0 aliphatic heterocycles. The third-order valence-electron chi connectivity index (χ3n) is 2.85. The Labute approximate surface area is 132 Å². The van der Waals surface area contributed by atoms with Crippen molar-refractivity contribution in [2.24, 2.45) is 0 Å². The van der Waals surface area contributed by atoms with Gasteiger partial charge in [0, 0.05) is 0 Å². The van der Waals surface area contributed by atoms with Crippen LogP contribution in [0.25, 0.3) is 0 Å². The van der Waals surface area contributed by atoms with Crippen LogP contribution in [0.3, 0.4) is 0 Å². The summed E-state index contributed by atoms with van der Waals surface area (Å²) in [5.41, 5.74) is 0. The van der Waals surface area contributed by atoms with Crippen LogP contribution in [0.5, 0.6) is 0 Å².